The molecule has 1 saturated heterocycles. The van der Waals surface area contributed by atoms with Gasteiger partial charge in [-0.1, -0.05) is 0 Å². The van der Waals surface area contributed by atoms with Crippen LogP contribution in [0.3, 0.4) is 0 Å². The molecule has 2 aromatic rings. The third-order valence-electron chi connectivity index (χ3n) is 8.45. The molecule has 11 nitrogen and oxygen atoms in total. The van der Waals surface area contributed by atoms with Crippen molar-refractivity contribution in [3.63, 3.8) is 0 Å². The average molecular weight is 550 g/mol. The fourth-order valence-corrected chi connectivity index (χ4v) is 7.90. The third kappa shape index (κ3) is 3.56. The van der Waals surface area contributed by atoms with Gasteiger partial charge in [-0.15, -0.1) is 0 Å². The summed E-state index contributed by atoms with van der Waals surface area (Å²) in [5, 5.41) is 29.7. The molecule has 35 heavy (non-hydrogen) atoms. The van der Waals surface area contributed by atoms with E-state index in [4.69, 9.17) is 20.6 Å². The highest BCUT2D eigenvalue weighted by Crippen LogP contribution is 2.60. The quantitative estimate of drug-likeness (QED) is 0.346. The van der Waals surface area contributed by atoms with Crippen molar-refractivity contribution in [1.29, 1.82) is 5.41 Å². The number of aromatic amines is 1. The van der Waals surface area contributed by atoms with Gasteiger partial charge >= 0.3 is 5.97 Å². The molecular weight excluding hydrogens is 522 g/mol. The molecule has 0 radical (unpaired) electrons. The lowest BCUT2D eigenvalue weighted by Crippen LogP contribution is -2.51. The van der Waals surface area contributed by atoms with Gasteiger partial charge in [-0.25, -0.2) is 4.98 Å². The Labute approximate surface area is 208 Å². The Bertz CT molecular complexity index is 1240. The maximum atomic E-state index is 13.2. The summed E-state index contributed by atoms with van der Waals surface area (Å²) in [7, 11) is 0. The number of esters is 1. The molecule has 4 aliphatic carbocycles. The van der Waals surface area contributed by atoms with Gasteiger partial charge in [-0.05, 0) is 72.2 Å². The lowest BCUT2D eigenvalue weighted by molar-refractivity contribution is -0.176. The Balaban J connectivity index is 1.21. The zero-order valence-corrected chi connectivity index (χ0v) is 20.5. The standard InChI is InChI=1S/C23H28BrN5O6/c24-17-13(19(26)32)14-18(25)27-8-29(20(14)28-17)21-16(31)15(30)12(35-21)7-34-22(33)23-4-9-1-10(5-23)3-11(2-9)6-23/h8-12,15-16,21,25,28,30-31H,1-7H2,(H2,26,32)/t9?,10?,11?,12-,15?,16+,21-,23?/m0/s1. The van der Waals surface area contributed by atoms with Crippen molar-refractivity contribution in [2.45, 2.75) is 63.1 Å². The van der Waals surface area contributed by atoms with Crippen molar-refractivity contribution in [2.75, 3.05) is 6.61 Å². The van der Waals surface area contributed by atoms with Crippen molar-refractivity contribution in [2.24, 2.45) is 28.9 Å². The van der Waals surface area contributed by atoms with Crippen molar-refractivity contribution in [3.05, 3.63) is 22.0 Å². The number of H-pyrrole nitrogens is 1. The summed E-state index contributed by atoms with van der Waals surface area (Å²) < 4.78 is 13.3. The lowest BCUT2D eigenvalue weighted by atomic mass is 9.49. The normalized spacial score (nSPS) is 37.7. The molecular formula is C23H28BrN5O6. The number of primary amides is 1. The number of carbonyl (C=O) groups excluding carboxylic acids is 2. The fourth-order valence-electron chi connectivity index (χ4n) is 7.32. The molecule has 6 N–H and O–H groups in total. The molecule has 4 bridgehead atoms. The van der Waals surface area contributed by atoms with Crippen LogP contribution in [-0.4, -0.2) is 61.5 Å². The second-order valence-electron chi connectivity index (χ2n) is 10.7. The van der Waals surface area contributed by atoms with E-state index in [2.05, 4.69) is 25.9 Å². The number of nitrogens with one attached hydrogen (secondary N) is 2. The molecule has 4 atom stereocenters. The minimum absolute atomic E-state index is 0.0564. The molecule has 3 heterocycles. The van der Waals surface area contributed by atoms with Crippen LogP contribution in [0.5, 0.6) is 0 Å². The highest BCUT2D eigenvalue weighted by atomic mass is 79.9. The molecule has 1 unspecified atom stereocenters. The summed E-state index contributed by atoms with van der Waals surface area (Å²) in [6.45, 7) is -0.177. The highest BCUT2D eigenvalue weighted by molar-refractivity contribution is 9.10. The van der Waals surface area contributed by atoms with Crippen molar-refractivity contribution < 1.29 is 29.3 Å². The van der Waals surface area contributed by atoms with E-state index in [1.807, 2.05) is 0 Å². The van der Waals surface area contributed by atoms with Crippen LogP contribution < -0.4 is 11.2 Å². The number of carbonyl (C=O) groups is 2. The van der Waals surface area contributed by atoms with Gasteiger partial charge in [0.1, 0.15) is 36.9 Å². The average Bonchev–Trinajstić information content (AvgIpc) is 3.29. The summed E-state index contributed by atoms with van der Waals surface area (Å²) >= 11 is 3.24. The molecule has 12 heteroatoms. The number of amides is 1. The van der Waals surface area contributed by atoms with Crippen LogP contribution in [0, 0.1) is 28.6 Å². The summed E-state index contributed by atoms with van der Waals surface area (Å²) in [4.78, 5) is 32.0. The van der Waals surface area contributed by atoms with E-state index in [0.717, 1.165) is 19.3 Å². The van der Waals surface area contributed by atoms with Crippen LogP contribution in [0.1, 0.15) is 55.1 Å². The van der Waals surface area contributed by atoms with E-state index in [0.29, 0.717) is 17.8 Å². The van der Waals surface area contributed by atoms with Crippen LogP contribution in [0.25, 0.3) is 11.0 Å². The van der Waals surface area contributed by atoms with Gasteiger partial charge in [0, 0.05) is 0 Å². The lowest BCUT2D eigenvalue weighted by Gasteiger charge is -2.55. The molecule has 1 amide bonds. The Hall–Kier alpha value is -2.28. The first-order chi connectivity index (χ1) is 16.7. The van der Waals surface area contributed by atoms with Crippen molar-refractivity contribution in [3.8, 4) is 0 Å². The van der Waals surface area contributed by atoms with E-state index in [1.54, 1.807) is 0 Å². The Morgan fingerprint density at radius 2 is 1.86 bits per heavy atom. The number of ether oxygens (including phenoxy) is 2. The molecule has 2 aromatic heterocycles. The van der Waals surface area contributed by atoms with E-state index in [1.165, 1.54) is 30.2 Å². The summed E-state index contributed by atoms with van der Waals surface area (Å²) in [6, 6.07) is 0. The van der Waals surface area contributed by atoms with Crippen LogP contribution in [0.4, 0.5) is 0 Å². The highest BCUT2D eigenvalue weighted by Gasteiger charge is 2.56. The molecule has 0 aromatic carbocycles. The van der Waals surface area contributed by atoms with Gasteiger partial charge in [0.25, 0.3) is 5.91 Å². The number of rotatable bonds is 5. The van der Waals surface area contributed by atoms with E-state index in [-0.39, 0.29) is 39.3 Å². The van der Waals surface area contributed by atoms with E-state index >= 15 is 0 Å². The first kappa shape index (κ1) is 23.1. The number of halogens is 1. The topological polar surface area (TPSA) is 177 Å². The van der Waals surface area contributed by atoms with Gasteiger partial charge in [0.2, 0.25) is 0 Å². The van der Waals surface area contributed by atoms with Gasteiger partial charge in [-0.3, -0.25) is 19.6 Å². The maximum absolute atomic E-state index is 13.2. The minimum Gasteiger partial charge on any atom is -0.462 e. The van der Waals surface area contributed by atoms with Gasteiger partial charge in [0.15, 0.2) is 11.7 Å². The first-order valence-corrected chi connectivity index (χ1v) is 12.8. The summed E-state index contributed by atoms with van der Waals surface area (Å²) in [5.41, 5.74) is 5.19. The van der Waals surface area contributed by atoms with Crippen LogP contribution in [0.2, 0.25) is 0 Å². The Kier molecular flexibility index (Phi) is 5.37. The second kappa shape index (κ2) is 8.12. The molecule has 7 rings (SSSR count). The number of fused-ring (bicyclic) bond motifs is 1. The molecule has 5 fully saturated rings. The van der Waals surface area contributed by atoms with Gasteiger partial charge in [0.05, 0.1) is 21.0 Å². The molecule has 188 valence electrons. The Morgan fingerprint density at radius 3 is 2.46 bits per heavy atom. The number of hydrogen-bond donors (Lipinski definition) is 5. The summed E-state index contributed by atoms with van der Waals surface area (Å²) in [6.07, 6.45) is 2.86. The Morgan fingerprint density at radius 1 is 1.23 bits per heavy atom. The van der Waals surface area contributed by atoms with Crippen molar-refractivity contribution >= 4 is 38.8 Å². The number of hydrogen-bond acceptors (Lipinski definition) is 8. The predicted molar refractivity (Wildman–Crippen MR) is 124 cm³/mol. The number of aliphatic hydroxyl groups excluding tert-OH is 2. The number of aliphatic hydroxyl groups is 2. The predicted octanol–water partition coefficient (Wildman–Crippen LogP) is 1.08. The van der Waals surface area contributed by atoms with Crippen LogP contribution >= 0.6 is 15.9 Å². The van der Waals surface area contributed by atoms with E-state index in [9.17, 15) is 19.8 Å². The maximum Gasteiger partial charge on any atom is 0.312 e. The zero-order valence-electron chi connectivity index (χ0n) is 18.9. The molecule has 5 aliphatic rings. The number of nitrogens with two attached hydrogens (primary N) is 1. The number of aromatic nitrogens is 3. The largest absolute Gasteiger partial charge is 0.462 e. The third-order valence-corrected chi connectivity index (χ3v) is 9.04. The van der Waals surface area contributed by atoms with Crippen LogP contribution in [-0.2, 0) is 14.3 Å². The molecule has 1 aliphatic heterocycles. The van der Waals surface area contributed by atoms with E-state index < -0.39 is 35.9 Å². The number of nitrogens with zero attached hydrogens (tertiary/aromatic N) is 2. The monoisotopic (exact) mass is 549 g/mol. The zero-order chi connectivity index (χ0) is 24.6. The molecule has 0 spiro atoms. The second-order valence-corrected chi connectivity index (χ2v) is 11.5. The van der Waals surface area contributed by atoms with Gasteiger partial charge in [-0.2, -0.15) is 0 Å². The molecule has 4 saturated carbocycles. The SMILES string of the molecule is N=c1ncn([C@H]2O[C@@H](COC(=O)C34CC5CC(CC(C5)C3)C4)C(O)[C@H]2O)c2[nH]c(Br)c(C(N)=O)c12. The van der Waals surface area contributed by atoms with Crippen molar-refractivity contribution in [1.82, 2.24) is 14.5 Å². The first-order valence-electron chi connectivity index (χ1n) is 12.0. The van der Waals surface area contributed by atoms with Gasteiger partial charge < -0.3 is 30.4 Å². The van der Waals surface area contributed by atoms with Crippen LogP contribution in [0.15, 0.2) is 10.9 Å². The smallest absolute Gasteiger partial charge is 0.312 e. The minimum atomic E-state index is -1.36. The fraction of sp³-hybridized carbons (Fsp3) is 0.652. The summed E-state index contributed by atoms with van der Waals surface area (Å²) in [5.74, 6) is 0.832.